The van der Waals surface area contributed by atoms with Crippen LogP contribution in [0, 0.1) is 11.8 Å². The minimum absolute atomic E-state index is 0.634. The molecule has 0 nitrogen and oxygen atoms in total. The SMILES string of the molecule is CC(C)C1CCC(C)(F)C1. The molecule has 1 aliphatic carbocycles. The zero-order chi connectivity index (χ0) is 7.78. The van der Waals surface area contributed by atoms with E-state index < -0.39 is 5.67 Å². The summed E-state index contributed by atoms with van der Waals surface area (Å²) >= 11 is 0. The van der Waals surface area contributed by atoms with Gasteiger partial charge in [0.2, 0.25) is 0 Å². The highest BCUT2D eigenvalue weighted by molar-refractivity contribution is 4.86. The summed E-state index contributed by atoms with van der Waals surface area (Å²) in [5.41, 5.74) is -0.852. The molecule has 2 atom stereocenters. The van der Waals surface area contributed by atoms with Gasteiger partial charge in [-0.25, -0.2) is 4.39 Å². The Balaban J connectivity index is 2.43. The van der Waals surface area contributed by atoms with Gasteiger partial charge in [0, 0.05) is 0 Å². The maximum Gasteiger partial charge on any atom is 0.108 e. The number of hydrogen-bond acceptors (Lipinski definition) is 0. The summed E-state index contributed by atoms with van der Waals surface area (Å²) in [7, 11) is 0. The smallest absolute Gasteiger partial charge is 0.108 e. The second kappa shape index (κ2) is 2.52. The molecule has 0 radical (unpaired) electrons. The second-order valence-corrected chi connectivity index (χ2v) is 4.16. The largest absolute Gasteiger partial charge is 0.244 e. The maximum atomic E-state index is 13.2. The first kappa shape index (κ1) is 8.03. The van der Waals surface area contributed by atoms with Gasteiger partial charge >= 0.3 is 0 Å². The van der Waals surface area contributed by atoms with Crippen LogP contribution in [-0.4, -0.2) is 5.67 Å². The molecular weight excluding hydrogens is 127 g/mol. The first-order valence-corrected chi connectivity index (χ1v) is 4.20. The van der Waals surface area contributed by atoms with Crippen molar-refractivity contribution in [3.05, 3.63) is 0 Å². The molecule has 2 unspecified atom stereocenters. The van der Waals surface area contributed by atoms with Crippen molar-refractivity contribution in [1.29, 1.82) is 0 Å². The Morgan fingerprint density at radius 2 is 2.10 bits per heavy atom. The molecule has 1 aliphatic rings. The lowest BCUT2D eigenvalue weighted by molar-refractivity contribution is 0.185. The van der Waals surface area contributed by atoms with E-state index in [0.29, 0.717) is 11.8 Å². The zero-order valence-electron chi connectivity index (χ0n) is 7.15. The number of alkyl halides is 1. The lowest BCUT2D eigenvalue weighted by Gasteiger charge is -2.15. The molecule has 1 saturated carbocycles. The third kappa shape index (κ3) is 1.71. The number of hydrogen-bond donors (Lipinski definition) is 0. The van der Waals surface area contributed by atoms with Crippen LogP contribution in [0.5, 0.6) is 0 Å². The molecule has 0 N–H and O–H groups in total. The van der Waals surface area contributed by atoms with E-state index in [-0.39, 0.29) is 0 Å². The minimum atomic E-state index is -0.852. The molecule has 0 saturated heterocycles. The van der Waals surface area contributed by atoms with E-state index in [2.05, 4.69) is 13.8 Å². The molecule has 0 amide bonds. The van der Waals surface area contributed by atoms with Gasteiger partial charge in [0.05, 0.1) is 0 Å². The Kier molecular flexibility index (Phi) is 2.02. The predicted molar refractivity (Wildman–Crippen MR) is 41.7 cm³/mol. The Morgan fingerprint density at radius 3 is 2.30 bits per heavy atom. The molecule has 0 bridgehead atoms. The summed E-state index contributed by atoms with van der Waals surface area (Å²) in [5.74, 6) is 1.30. The van der Waals surface area contributed by atoms with Crippen molar-refractivity contribution in [2.45, 2.75) is 45.7 Å². The third-order valence-electron chi connectivity index (χ3n) is 2.67. The fourth-order valence-corrected chi connectivity index (χ4v) is 1.81. The fraction of sp³-hybridized carbons (Fsp3) is 1.00. The van der Waals surface area contributed by atoms with Gasteiger partial charge in [0.25, 0.3) is 0 Å². The van der Waals surface area contributed by atoms with Gasteiger partial charge in [0.1, 0.15) is 5.67 Å². The molecule has 1 rings (SSSR count). The number of rotatable bonds is 1. The molecule has 0 aromatic carbocycles. The summed E-state index contributed by atoms with van der Waals surface area (Å²) in [5, 5.41) is 0. The molecule has 10 heavy (non-hydrogen) atoms. The Bertz CT molecular complexity index is 116. The Hall–Kier alpha value is -0.0700. The molecule has 0 aliphatic heterocycles. The molecule has 0 aromatic heterocycles. The monoisotopic (exact) mass is 144 g/mol. The normalized spacial score (nSPS) is 41.1. The van der Waals surface area contributed by atoms with Crippen LogP contribution in [-0.2, 0) is 0 Å². The maximum absolute atomic E-state index is 13.2. The Morgan fingerprint density at radius 1 is 1.50 bits per heavy atom. The van der Waals surface area contributed by atoms with E-state index in [0.717, 1.165) is 19.3 Å². The van der Waals surface area contributed by atoms with Gasteiger partial charge in [-0.3, -0.25) is 0 Å². The quantitative estimate of drug-likeness (QED) is 0.530. The third-order valence-corrected chi connectivity index (χ3v) is 2.67. The first-order valence-electron chi connectivity index (χ1n) is 4.20. The van der Waals surface area contributed by atoms with Crippen molar-refractivity contribution in [2.24, 2.45) is 11.8 Å². The average molecular weight is 144 g/mol. The van der Waals surface area contributed by atoms with E-state index in [1.807, 2.05) is 0 Å². The summed E-state index contributed by atoms with van der Waals surface area (Å²) in [6.07, 6.45) is 2.64. The number of halogens is 1. The average Bonchev–Trinajstić information content (AvgIpc) is 2.10. The molecule has 0 heterocycles. The summed E-state index contributed by atoms with van der Waals surface area (Å²) in [4.78, 5) is 0. The topological polar surface area (TPSA) is 0 Å². The molecule has 0 aromatic rings. The summed E-state index contributed by atoms with van der Waals surface area (Å²) in [6.45, 7) is 6.10. The van der Waals surface area contributed by atoms with Gasteiger partial charge in [-0.15, -0.1) is 0 Å². The van der Waals surface area contributed by atoms with Crippen LogP contribution < -0.4 is 0 Å². The highest BCUT2D eigenvalue weighted by Gasteiger charge is 2.35. The van der Waals surface area contributed by atoms with E-state index >= 15 is 0 Å². The summed E-state index contributed by atoms with van der Waals surface area (Å²) in [6, 6.07) is 0. The molecular formula is C9H17F. The lowest BCUT2D eigenvalue weighted by atomic mass is 9.93. The molecule has 60 valence electrons. The Labute approximate surface area is 62.8 Å². The zero-order valence-corrected chi connectivity index (χ0v) is 7.15. The van der Waals surface area contributed by atoms with Crippen molar-refractivity contribution >= 4 is 0 Å². The van der Waals surface area contributed by atoms with E-state index in [1.54, 1.807) is 6.92 Å². The highest BCUT2D eigenvalue weighted by atomic mass is 19.1. The predicted octanol–water partition coefficient (Wildman–Crippen LogP) is 3.17. The van der Waals surface area contributed by atoms with E-state index in [9.17, 15) is 4.39 Å². The molecule has 1 heteroatoms. The van der Waals surface area contributed by atoms with E-state index in [1.165, 1.54) is 0 Å². The van der Waals surface area contributed by atoms with Crippen molar-refractivity contribution in [3.63, 3.8) is 0 Å². The van der Waals surface area contributed by atoms with Gasteiger partial charge in [0.15, 0.2) is 0 Å². The van der Waals surface area contributed by atoms with Crippen LogP contribution in [0.15, 0.2) is 0 Å². The van der Waals surface area contributed by atoms with Crippen LogP contribution in [0.3, 0.4) is 0 Å². The van der Waals surface area contributed by atoms with Crippen LogP contribution in [0.1, 0.15) is 40.0 Å². The van der Waals surface area contributed by atoms with Crippen LogP contribution >= 0.6 is 0 Å². The van der Waals surface area contributed by atoms with Gasteiger partial charge in [-0.05, 0) is 38.0 Å². The van der Waals surface area contributed by atoms with Crippen LogP contribution in [0.2, 0.25) is 0 Å². The van der Waals surface area contributed by atoms with Crippen LogP contribution in [0.25, 0.3) is 0 Å². The lowest BCUT2D eigenvalue weighted by Crippen LogP contribution is -2.13. The van der Waals surface area contributed by atoms with Crippen LogP contribution in [0.4, 0.5) is 4.39 Å². The first-order chi connectivity index (χ1) is 4.51. The molecule has 1 fully saturated rings. The van der Waals surface area contributed by atoms with Crippen molar-refractivity contribution < 1.29 is 4.39 Å². The van der Waals surface area contributed by atoms with Gasteiger partial charge < -0.3 is 0 Å². The van der Waals surface area contributed by atoms with Gasteiger partial charge in [-0.1, -0.05) is 13.8 Å². The van der Waals surface area contributed by atoms with Crippen molar-refractivity contribution in [3.8, 4) is 0 Å². The second-order valence-electron chi connectivity index (χ2n) is 4.16. The van der Waals surface area contributed by atoms with E-state index in [4.69, 9.17) is 0 Å². The summed E-state index contributed by atoms with van der Waals surface area (Å²) < 4.78 is 13.2. The minimum Gasteiger partial charge on any atom is -0.244 e. The standard InChI is InChI=1S/C9H17F/c1-7(2)8-4-5-9(3,10)6-8/h7-8H,4-6H2,1-3H3. The molecule has 0 spiro atoms. The van der Waals surface area contributed by atoms with Gasteiger partial charge in [-0.2, -0.15) is 0 Å². The highest BCUT2D eigenvalue weighted by Crippen LogP contribution is 2.40. The van der Waals surface area contributed by atoms with Crippen molar-refractivity contribution in [2.75, 3.05) is 0 Å². The fourth-order valence-electron chi connectivity index (χ4n) is 1.81. The van der Waals surface area contributed by atoms with Crippen molar-refractivity contribution in [1.82, 2.24) is 0 Å².